The monoisotopic (exact) mass is 239 g/mol. The molecule has 0 aliphatic carbocycles. The minimum absolute atomic E-state index is 0.507. The van der Waals surface area contributed by atoms with E-state index in [1.807, 2.05) is 31.2 Å². The van der Waals surface area contributed by atoms with Crippen molar-refractivity contribution in [2.24, 2.45) is 4.99 Å². The first-order valence-corrected chi connectivity index (χ1v) is 5.47. The van der Waals surface area contributed by atoms with E-state index in [4.69, 9.17) is 11.3 Å². The van der Waals surface area contributed by atoms with Crippen LogP contribution in [0.25, 0.3) is 16.0 Å². The van der Waals surface area contributed by atoms with Crippen LogP contribution in [0, 0.1) is 13.5 Å². The predicted octanol–water partition coefficient (Wildman–Crippen LogP) is 3.85. The van der Waals surface area contributed by atoms with Gasteiger partial charge >= 0.3 is 0 Å². The van der Waals surface area contributed by atoms with Crippen LogP contribution in [0.15, 0.2) is 35.5 Å². The van der Waals surface area contributed by atoms with Gasteiger partial charge in [0.1, 0.15) is 5.82 Å². The normalized spacial score (nSPS) is 10.5. The van der Waals surface area contributed by atoms with Crippen molar-refractivity contribution >= 4 is 17.9 Å². The molecule has 0 saturated heterocycles. The molecule has 0 saturated carbocycles. The number of rotatable bonds is 3. The molecule has 0 atom stereocenters. The van der Waals surface area contributed by atoms with E-state index in [2.05, 4.69) is 14.8 Å². The number of aliphatic imine (C=N–C) groups is 1. The molecule has 0 aliphatic rings. The highest BCUT2D eigenvalue weighted by Gasteiger charge is 2.12. The molecule has 4 nitrogen and oxygen atoms in total. The van der Waals surface area contributed by atoms with Gasteiger partial charge in [-0.1, -0.05) is 29.8 Å². The highest BCUT2D eigenvalue weighted by molar-refractivity contribution is 5.86. The zero-order valence-electron chi connectivity index (χ0n) is 10.3. The molecule has 2 rings (SSSR count). The van der Waals surface area contributed by atoms with Crippen molar-refractivity contribution in [1.82, 2.24) is 4.98 Å². The molecule has 0 unspecified atom stereocenters. The third-order valence-corrected chi connectivity index (χ3v) is 2.59. The maximum atomic E-state index is 7.26. The Kier molecular flexibility index (Phi) is 3.44. The lowest BCUT2D eigenvalue weighted by Gasteiger charge is -1.99. The molecule has 0 spiro atoms. The summed E-state index contributed by atoms with van der Waals surface area (Å²) in [6.45, 7) is 9.29. The van der Waals surface area contributed by atoms with Gasteiger partial charge in [0.2, 0.25) is 5.69 Å². The summed E-state index contributed by atoms with van der Waals surface area (Å²) in [7, 11) is 1.52. The molecule has 0 radical (unpaired) electrons. The number of nitrogens with one attached hydrogen (secondary N) is 1. The van der Waals surface area contributed by atoms with Gasteiger partial charge in [-0.3, -0.25) is 0 Å². The average molecular weight is 239 g/mol. The van der Waals surface area contributed by atoms with Gasteiger partial charge < -0.3 is 9.72 Å². The van der Waals surface area contributed by atoms with Crippen molar-refractivity contribution < 1.29 is 4.74 Å². The molecule has 0 bridgehead atoms. The van der Waals surface area contributed by atoms with Gasteiger partial charge in [0.25, 0.3) is 0 Å². The summed E-state index contributed by atoms with van der Waals surface area (Å²) in [5.74, 6) is 0.516. The zero-order chi connectivity index (χ0) is 13.0. The summed E-state index contributed by atoms with van der Waals surface area (Å²) in [6, 6.07) is 8.04. The first kappa shape index (κ1) is 11.9. The van der Waals surface area contributed by atoms with Gasteiger partial charge in [0, 0.05) is 5.56 Å². The van der Waals surface area contributed by atoms with Gasteiger partial charge in [0.15, 0.2) is 6.40 Å². The number of hydrogen-bond acceptors (Lipinski definition) is 2. The second-order valence-electron chi connectivity index (χ2n) is 3.85. The maximum Gasteiger partial charge on any atom is 0.237 e. The number of benzene rings is 1. The van der Waals surface area contributed by atoms with Crippen LogP contribution in [-0.4, -0.2) is 18.5 Å². The van der Waals surface area contributed by atoms with E-state index >= 15 is 0 Å². The summed E-state index contributed by atoms with van der Waals surface area (Å²) in [6.07, 6.45) is 3.10. The predicted molar refractivity (Wildman–Crippen MR) is 72.4 cm³/mol. The minimum atomic E-state index is 0.507. The smallest absolute Gasteiger partial charge is 0.237 e. The van der Waals surface area contributed by atoms with Crippen LogP contribution in [0.4, 0.5) is 11.5 Å². The lowest BCUT2D eigenvalue weighted by molar-refractivity contribution is 0.423. The summed E-state index contributed by atoms with van der Waals surface area (Å²) < 4.78 is 4.76. The summed E-state index contributed by atoms with van der Waals surface area (Å²) in [5.41, 5.74) is 3.55. The first-order chi connectivity index (χ1) is 8.76. The quantitative estimate of drug-likeness (QED) is 0.493. The van der Waals surface area contributed by atoms with E-state index in [1.165, 1.54) is 19.1 Å². The first-order valence-electron chi connectivity index (χ1n) is 5.47. The number of aryl methyl sites for hydroxylation is 1. The van der Waals surface area contributed by atoms with E-state index in [0.717, 1.165) is 11.1 Å². The Balaban J connectivity index is 2.46. The number of H-pyrrole nitrogens is 1. The molecule has 0 amide bonds. The van der Waals surface area contributed by atoms with Gasteiger partial charge in [-0.2, -0.15) is 0 Å². The third kappa shape index (κ3) is 2.25. The fourth-order valence-corrected chi connectivity index (χ4v) is 1.67. The Morgan fingerprint density at radius 3 is 2.67 bits per heavy atom. The number of nitrogens with zero attached hydrogens (tertiary/aromatic N) is 2. The SMILES string of the molecule is [C-]#[N+]c1c(-c2ccc(C)cc2)c[nH]c1/N=C/OC. The number of aromatic nitrogens is 1. The molecular weight excluding hydrogens is 226 g/mol. The average Bonchev–Trinajstić information content (AvgIpc) is 2.80. The van der Waals surface area contributed by atoms with E-state index in [9.17, 15) is 0 Å². The van der Waals surface area contributed by atoms with Crippen molar-refractivity contribution in [2.45, 2.75) is 6.92 Å². The maximum absolute atomic E-state index is 7.26. The van der Waals surface area contributed by atoms with Gasteiger partial charge in [-0.15, -0.1) is 0 Å². The lowest BCUT2D eigenvalue weighted by Crippen LogP contribution is -1.76. The largest absolute Gasteiger partial charge is 0.486 e. The van der Waals surface area contributed by atoms with Crippen LogP contribution in [0.1, 0.15) is 5.56 Å². The number of hydrogen-bond donors (Lipinski definition) is 1. The Hall–Kier alpha value is -2.54. The molecule has 2 aromatic rings. The summed E-state index contributed by atoms with van der Waals surface area (Å²) in [5, 5.41) is 0. The van der Waals surface area contributed by atoms with Gasteiger partial charge in [-0.25, -0.2) is 9.84 Å². The van der Waals surface area contributed by atoms with Crippen molar-refractivity contribution in [3.05, 3.63) is 47.4 Å². The molecule has 1 aromatic heterocycles. The van der Waals surface area contributed by atoms with E-state index in [1.54, 1.807) is 6.20 Å². The summed E-state index contributed by atoms with van der Waals surface area (Å²) in [4.78, 5) is 10.6. The van der Waals surface area contributed by atoms with Crippen molar-refractivity contribution in [3.63, 3.8) is 0 Å². The summed E-state index contributed by atoms with van der Waals surface area (Å²) >= 11 is 0. The number of aromatic amines is 1. The number of methoxy groups -OCH3 is 1. The van der Waals surface area contributed by atoms with Crippen LogP contribution < -0.4 is 0 Å². The number of ether oxygens (including phenoxy) is 1. The Morgan fingerprint density at radius 2 is 2.06 bits per heavy atom. The Labute approximate surface area is 106 Å². The fraction of sp³-hybridized carbons (Fsp3) is 0.143. The van der Waals surface area contributed by atoms with Crippen LogP contribution >= 0.6 is 0 Å². The van der Waals surface area contributed by atoms with Crippen molar-refractivity contribution in [3.8, 4) is 11.1 Å². The Morgan fingerprint density at radius 1 is 1.33 bits per heavy atom. The second kappa shape index (κ2) is 5.19. The molecular formula is C14H13N3O. The van der Waals surface area contributed by atoms with Crippen LogP contribution in [-0.2, 0) is 4.74 Å². The second-order valence-corrected chi connectivity index (χ2v) is 3.85. The molecule has 1 N–H and O–H groups in total. The lowest BCUT2D eigenvalue weighted by atomic mass is 10.1. The Bertz CT molecular complexity index is 603. The van der Waals surface area contributed by atoms with Crippen LogP contribution in [0.3, 0.4) is 0 Å². The molecule has 90 valence electrons. The fourth-order valence-electron chi connectivity index (χ4n) is 1.67. The molecule has 0 aliphatic heterocycles. The molecule has 4 heteroatoms. The van der Waals surface area contributed by atoms with Gasteiger partial charge in [-0.05, 0) is 18.7 Å². The van der Waals surface area contributed by atoms with E-state index in [0.29, 0.717) is 11.5 Å². The highest BCUT2D eigenvalue weighted by atomic mass is 16.5. The molecule has 0 fully saturated rings. The highest BCUT2D eigenvalue weighted by Crippen LogP contribution is 2.38. The van der Waals surface area contributed by atoms with Crippen molar-refractivity contribution in [1.29, 1.82) is 0 Å². The van der Waals surface area contributed by atoms with E-state index in [-0.39, 0.29) is 0 Å². The molecule has 18 heavy (non-hydrogen) atoms. The molecule has 1 heterocycles. The minimum Gasteiger partial charge on any atom is -0.486 e. The standard InChI is InChI=1S/C14H13N3O/c1-10-4-6-11(7-5-10)12-8-16-14(13(12)15-2)17-9-18-3/h4-9,16H,1,3H3/b17-9+. The van der Waals surface area contributed by atoms with Crippen LogP contribution in [0.5, 0.6) is 0 Å². The third-order valence-electron chi connectivity index (χ3n) is 2.59. The van der Waals surface area contributed by atoms with Gasteiger partial charge in [0.05, 0.1) is 13.7 Å². The van der Waals surface area contributed by atoms with Crippen LogP contribution in [0.2, 0.25) is 0 Å². The van der Waals surface area contributed by atoms with Crippen molar-refractivity contribution in [2.75, 3.05) is 7.11 Å². The zero-order valence-corrected chi connectivity index (χ0v) is 10.3. The topological polar surface area (TPSA) is 41.7 Å². The molecule has 1 aromatic carbocycles. The van der Waals surface area contributed by atoms with E-state index < -0.39 is 0 Å².